The fraction of sp³-hybridized carbons (Fsp3) is 0.450. The Balaban J connectivity index is 1.44. The number of allylic oxidation sites excluding steroid dienone is 2. The van der Waals surface area contributed by atoms with E-state index in [0.29, 0.717) is 34.8 Å². The molecule has 1 aliphatic heterocycles. The molecule has 0 aromatic heterocycles. The Morgan fingerprint density at radius 3 is 2.46 bits per heavy atom. The van der Waals surface area contributed by atoms with E-state index in [-0.39, 0.29) is 35.5 Å². The summed E-state index contributed by atoms with van der Waals surface area (Å²) >= 11 is 6.06. The molecule has 2 amide bonds. The number of amides is 2. The number of carbonyl (C=O) groups excluding carboxylic acids is 2. The zero-order valence-corrected chi connectivity index (χ0v) is 15.1. The Kier molecular flexibility index (Phi) is 3.51. The van der Waals surface area contributed by atoms with Gasteiger partial charge in [-0.2, -0.15) is 10.1 Å². The predicted molar refractivity (Wildman–Crippen MR) is 96.8 cm³/mol. The molecule has 1 aromatic carbocycles. The standard InChI is InChI=1S/C20H19ClN2O3/c1-2-26-16-6-3-11(21)7-10(16)9-22-23-19(24)17-12-4-5-13(15-8-14(12)15)18(17)20(23)25/h3-7,9,12-15,17-18H,2,8H2,1H3/b22-9-/t12-,13-,14-,15+,17+,18+/m0/s1. The lowest BCUT2D eigenvalue weighted by Gasteiger charge is -2.37. The molecule has 1 saturated heterocycles. The third-order valence-corrected chi connectivity index (χ3v) is 6.46. The van der Waals surface area contributed by atoms with Crippen LogP contribution in [0.2, 0.25) is 5.02 Å². The highest BCUT2D eigenvalue weighted by Crippen LogP contribution is 2.65. The fourth-order valence-corrected chi connectivity index (χ4v) is 5.26. The number of imide groups is 1. The van der Waals surface area contributed by atoms with E-state index in [2.05, 4.69) is 17.3 Å². The van der Waals surface area contributed by atoms with Crippen LogP contribution in [0.5, 0.6) is 5.75 Å². The summed E-state index contributed by atoms with van der Waals surface area (Å²) in [7, 11) is 0. The quantitative estimate of drug-likeness (QED) is 0.465. The average molecular weight is 371 g/mol. The van der Waals surface area contributed by atoms with E-state index in [1.165, 1.54) is 6.21 Å². The lowest BCUT2D eigenvalue weighted by molar-refractivity contribution is -0.140. The zero-order valence-electron chi connectivity index (χ0n) is 14.3. The van der Waals surface area contributed by atoms with Gasteiger partial charge in [-0.15, -0.1) is 0 Å². The summed E-state index contributed by atoms with van der Waals surface area (Å²) in [6.45, 7) is 2.40. The molecule has 134 valence electrons. The monoisotopic (exact) mass is 370 g/mol. The summed E-state index contributed by atoms with van der Waals surface area (Å²) in [5.41, 5.74) is 0.652. The molecule has 1 heterocycles. The minimum absolute atomic E-state index is 0.166. The minimum atomic E-state index is -0.232. The smallest absolute Gasteiger partial charge is 0.254 e. The van der Waals surface area contributed by atoms with Crippen molar-refractivity contribution in [1.82, 2.24) is 5.01 Å². The summed E-state index contributed by atoms with van der Waals surface area (Å²) in [5, 5.41) is 5.86. The van der Waals surface area contributed by atoms with Crippen molar-refractivity contribution < 1.29 is 14.3 Å². The number of hydrazone groups is 1. The van der Waals surface area contributed by atoms with Gasteiger partial charge in [-0.3, -0.25) is 9.59 Å². The Morgan fingerprint density at radius 1 is 1.19 bits per heavy atom. The molecule has 26 heavy (non-hydrogen) atoms. The van der Waals surface area contributed by atoms with Gasteiger partial charge in [0.1, 0.15) is 5.75 Å². The highest BCUT2D eigenvalue weighted by molar-refractivity contribution is 6.31. The lowest BCUT2D eigenvalue weighted by Crippen LogP contribution is -2.40. The molecular weight excluding hydrogens is 352 g/mol. The van der Waals surface area contributed by atoms with Gasteiger partial charge >= 0.3 is 0 Å². The Labute approximate surface area is 156 Å². The van der Waals surface area contributed by atoms with Crippen LogP contribution in [0.1, 0.15) is 18.9 Å². The molecule has 0 spiro atoms. The van der Waals surface area contributed by atoms with Gasteiger partial charge < -0.3 is 4.74 Å². The number of carbonyl (C=O) groups is 2. The third-order valence-electron chi connectivity index (χ3n) is 6.22. The van der Waals surface area contributed by atoms with E-state index in [1.54, 1.807) is 18.2 Å². The van der Waals surface area contributed by atoms with Gasteiger partial charge in [0.25, 0.3) is 11.8 Å². The van der Waals surface area contributed by atoms with E-state index in [0.717, 1.165) is 11.4 Å². The van der Waals surface area contributed by atoms with Crippen LogP contribution in [0, 0.1) is 35.5 Å². The number of hydrogen-bond acceptors (Lipinski definition) is 4. The van der Waals surface area contributed by atoms with Gasteiger partial charge in [-0.1, -0.05) is 23.8 Å². The molecule has 1 aromatic rings. The van der Waals surface area contributed by atoms with Crippen molar-refractivity contribution in [2.45, 2.75) is 13.3 Å². The highest BCUT2D eigenvalue weighted by atomic mass is 35.5. The van der Waals surface area contributed by atoms with Crippen molar-refractivity contribution in [3.63, 3.8) is 0 Å². The molecule has 3 fully saturated rings. The maximum Gasteiger partial charge on any atom is 0.254 e. The van der Waals surface area contributed by atoms with Crippen LogP contribution >= 0.6 is 11.6 Å². The van der Waals surface area contributed by atoms with Gasteiger partial charge in [-0.05, 0) is 55.2 Å². The molecule has 2 saturated carbocycles. The number of halogens is 1. The molecule has 5 nitrogen and oxygen atoms in total. The van der Waals surface area contributed by atoms with Crippen molar-refractivity contribution in [1.29, 1.82) is 0 Å². The second-order valence-corrected chi connectivity index (χ2v) is 7.94. The maximum absolute atomic E-state index is 12.9. The van der Waals surface area contributed by atoms with Crippen molar-refractivity contribution in [2.24, 2.45) is 40.6 Å². The molecule has 2 bridgehead atoms. The molecule has 4 aliphatic carbocycles. The van der Waals surface area contributed by atoms with Crippen LogP contribution in [0.4, 0.5) is 0 Å². The third kappa shape index (κ3) is 2.19. The number of hydrogen-bond donors (Lipinski definition) is 0. The van der Waals surface area contributed by atoms with E-state index >= 15 is 0 Å². The van der Waals surface area contributed by atoms with E-state index in [1.807, 2.05) is 6.92 Å². The summed E-state index contributed by atoms with van der Waals surface area (Å²) in [6, 6.07) is 5.22. The minimum Gasteiger partial charge on any atom is -0.493 e. The summed E-state index contributed by atoms with van der Waals surface area (Å²) < 4.78 is 5.57. The highest BCUT2D eigenvalue weighted by Gasteiger charge is 2.67. The number of rotatable bonds is 4. The van der Waals surface area contributed by atoms with Crippen molar-refractivity contribution in [2.75, 3.05) is 6.61 Å². The summed E-state index contributed by atoms with van der Waals surface area (Å²) in [5.74, 6) is 1.41. The molecule has 6 rings (SSSR count). The van der Waals surface area contributed by atoms with E-state index in [9.17, 15) is 9.59 Å². The first-order valence-electron chi connectivity index (χ1n) is 9.12. The Bertz CT molecular complexity index is 829. The van der Waals surface area contributed by atoms with Gasteiger partial charge in [0.05, 0.1) is 24.7 Å². The Morgan fingerprint density at radius 2 is 1.85 bits per heavy atom. The predicted octanol–water partition coefficient (Wildman–Crippen LogP) is 3.13. The first kappa shape index (κ1) is 16.1. The van der Waals surface area contributed by atoms with Crippen LogP contribution in [-0.4, -0.2) is 29.6 Å². The molecule has 5 aliphatic rings. The van der Waals surface area contributed by atoms with Crippen LogP contribution in [0.25, 0.3) is 0 Å². The largest absolute Gasteiger partial charge is 0.493 e. The first-order chi connectivity index (χ1) is 12.6. The van der Waals surface area contributed by atoms with E-state index < -0.39 is 0 Å². The zero-order chi connectivity index (χ0) is 18.0. The number of benzene rings is 1. The topological polar surface area (TPSA) is 59.0 Å². The molecule has 6 atom stereocenters. The molecular formula is C20H19ClN2O3. The van der Waals surface area contributed by atoms with Crippen molar-refractivity contribution >= 4 is 29.6 Å². The van der Waals surface area contributed by atoms with Crippen LogP contribution in [0.3, 0.4) is 0 Å². The summed E-state index contributed by atoms with van der Waals surface area (Å²) in [6.07, 6.45) is 6.96. The lowest BCUT2D eigenvalue weighted by atomic mass is 9.63. The fourth-order valence-electron chi connectivity index (χ4n) is 5.08. The number of nitrogens with zero attached hydrogens (tertiary/aromatic N) is 2. The first-order valence-corrected chi connectivity index (χ1v) is 9.50. The molecule has 0 N–H and O–H groups in total. The summed E-state index contributed by atoms with van der Waals surface area (Å²) in [4.78, 5) is 25.8. The van der Waals surface area contributed by atoms with Crippen LogP contribution in [-0.2, 0) is 9.59 Å². The van der Waals surface area contributed by atoms with Gasteiger partial charge in [-0.25, -0.2) is 0 Å². The van der Waals surface area contributed by atoms with Gasteiger partial charge in [0, 0.05) is 10.6 Å². The maximum atomic E-state index is 12.9. The van der Waals surface area contributed by atoms with Gasteiger partial charge in [0.15, 0.2) is 0 Å². The van der Waals surface area contributed by atoms with Crippen LogP contribution in [0.15, 0.2) is 35.5 Å². The second kappa shape index (κ2) is 5.68. The van der Waals surface area contributed by atoms with Crippen molar-refractivity contribution in [3.05, 3.63) is 40.9 Å². The van der Waals surface area contributed by atoms with Crippen LogP contribution < -0.4 is 4.74 Å². The van der Waals surface area contributed by atoms with Crippen molar-refractivity contribution in [3.8, 4) is 5.75 Å². The average Bonchev–Trinajstić information content (AvgIpc) is 3.41. The number of ether oxygens (including phenoxy) is 1. The Hall–Kier alpha value is -2.14. The van der Waals surface area contributed by atoms with E-state index in [4.69, 9.17) is 16.3 Å². The molecule has 0 unspecified atom stereocenters. The molecule has 6 heteroatoms. The second-order valence-electron chi connectivity index (χ2n) is 7.50. The normalized spacial score (nSPS) is 36.6. The molecule has 0 radical (unpaired) electrons. The SMILES string of the molecule is CCOc1ccc(Cl)cc1/C=N\N1C(=O)[C@@H]2[C@H]3C=C[C@@H]([C@@H]4C[C@H]34)[C@H]2C1=O. The van der Waals surface area contributed by atoms with Gasteiger partial charge in [0.2, 0.25) is 0 Å².